The molecule has 0 atom stereocenters. The molecular formula is C15H23N3O2. The van der Waals surface area contributed by atoms with Gasteiger partial charge < -0.3 is 5.32 Å². The second kappa shape index (κ2) is 5.87. The van der Waals surface area contributed by atoms with Gasteiger partial charge in [-0.3, -0.25) is 15.1 Å². The maximum absolute atomic E-state index is 11.1. The average molecular weight is 277 g/mol. The van der Waals surface area contributed by atoms with E-state index in [2.05, 4.69) is 17.2 Å². The number of hydrogen-bond donors (Lipinski definition) is 1. The summed E-state index contributed by atoms with van der Waals surface area (Å²) in [4.78, 5) is 15.1. The smallest absolute Gasteiger partial charge is 0.278 e. The Morgan fingerprint density at radius 2 is 2.05 bits per heavy atom. The van der Waals surface area contributed by atoms with Crippen LogP contribution in [0.3, 0.4) is 0 Å². The van der Waals surface area contributed by atoms with E-state index in [1.165, 1.54) is 25.7 Å². The highest BCUT2D eigenvalue weighted by Gasteiger charge is 2.28. The highest BCUT2D eigenvalue weighted by Crippen LogP contribution is 2.36. The number of hydrogen-bond acceptors (Lipinski definition) is 4. The fourth-order valence-electron chi connectivity index (χ4n) is 3.11. The van der Waals surface area contributed by atoms with Gasteiger partial charge in [0.15, 0.2) is 0 Å². The van der Waals surface area contributed by atoms with Gasteiger partial charge in [-0.15, -0.1) is 0 Å². The molecular weight excluding hydrogens is 254 g/mol. The van der Waals surface area contributed by atoms with Gasteiger partial charge in [-0.2, -0.15) is 0 Å². The highest BCUT2D eigenvalue weighted by molar-refractivity contribution is 5.47. The first-order valence-corrected chi connectivity index (χ1v) is 7.23. The quantitative estimate of drug-likeness (QED) is 0.662. The Hall–Kier alpha value is -1.49. The lowest BCUT2D eigenvalue weighted by atomic mass is 9.89. The molecule has 5 nitrogen and oxygen atoms in total. The molecule has 1 aromatic rings. The van der Waals surface area contributed by atoms with Crippen molar-refractivity contribution in [3.8, 4) is 0 Å². The molecule has 110 valence electrons. The van der Waals surface area contributed by atoms with Gasteiger partial charge in [0.1, 0.15) is 0 Å². The number of pyridine rings is 1. The summed E-state index contributed by atoms with van der Waals surface area (Å²) in [6.07, 6.45) is 6.75. The minimum absolute atomic E-state index is 0.198. The van der Waals surface area contributed by atoms with Gasteiger partial charge in [0, 0.05) is 30.4 Å². The van der Waals surface area contributed by atoms with E-state index in [1.807, 2.05) is 0 Å². The van der Waals surface area contributed by atoms with Crippen molar-refractivity contribution in [2.24, 2.45) is 5.41 Å². The van der Waals surface area contributed by atoms with E-state index in [-0.39, 0.29) is 10.6 Å². The van der Waals surface area contributed by atoms with Crippen LogP contribution in [0.2, 0.25) is 0 Å². The zero-order valence-corrected chi connectivity index (χ0v) is 12.5. The fraction of sp³-hybridized carbons (Fsp3) is 0.667. The Morgan fingerprint density at radius 3 is 2.65 bits per heavy atom. The minimum atomic E-state index is -0.311. The maximum Gasteiger partial charge on any atom is 0.278 e. The van der Waals surface area contributed by atoms with Crippen molar-refractivity contribution in [2.75, 3.05) is 6.54 Å². The summed E-state index contributed by atoms with van der Waals surface area (Å²) in [6, 6.07) is 0. The summed E-state index contributed by atoms with van der Waals surface area (Å²) in [5.74, 6) is 0. The van der Waals surface area contributed by atoms with Crippen LogP contribution in [0, 0.1) is 29.4 Å². The van der Waals surface area contributed by atoms with Gasteiger partial charge >= 0.3 is 0 Å². The van der Waals surface area contributed by atoms with E-state index in [1.54, 1.807) is 20.0 Å². The summed E-state index contributed by atoms with van der Waals surface area (Å²) in [6.45, 7) is 7.38. The van der Waals surface area contributed by atoms with Crippen molar-refractivity contribution in [2.45, 2.75) is 53.0 Å². The maximum atomic E-state index is 11.1. The second-order valence-electron chi connectivity index (χ2n) is 6.24. The Kier molecular flexibility index (Phi) is 4.38. The monoisotopic (exact) mass is 277 g/mol. The van der Waals surface area contributed by atoms with Gasteiger partial charge in [0.2, 0.25) is 0 Å². The molecule has 1 saturated carbocycles. The Labute approximate surface area is 119 Å². The summed E-state index contributed by atoms with van der Waals surface area (Å²) >= 11 is 0. The Bertz CT molecular complexity index is 508. The normalized spacial score (nSPS) is 17.4. The fourth-order valence-corrected chi connectivity index (χ4v) is 3.11. The number of aromatic nitrogens is 1. The van der Waals surface area contributed by atoms with Gasteiger partial charge in [0.25, 0.3) is 5.69 Å². The van der Waals surface area contributed by atoms with Crippen LogP contribution in [0.5, 0.6) is 0 Å². The predicted octanol–water partition coefficient (Wildman–Crippen LogP) is 3.28. The molecule has 20 heavy (non-hydrogen) atoms. The van der Waals surface area contributed by atoms with Crippen LogP contribution in [0.25, 0.3) is 0 Å². The van der Waals surface area contributed by atoms with Crippen molar-refractivity contribution in [3.63, 3.8) is 0 Å². The molecule has 1 aromatic heterocycles. The third-order valence-corrected chi connectivity index (χ3v) is 4.41. The van der Waals surface area contributed by atoms with Crippen LogP contribution in [-0.4, -0.2) is 16.5 Å². The van der Waals surface area contributed by atoms with Gasteiger partial charge in [0.05, 0.1) is 10.6 Å². The summed E-state index contributed by atoms with van der Waals surface area (Å²) in [5, 5.41) is 14.5. The number of nitro groups is 1. The van der Waals surface area contributed by atoms with Crippen LogP contribution in [0.1, 0.15) is 49.4 Å². The molecule has 1 aliphatic rings. The topological polar surface area (TPSA) is 68.1 Å². The zero-order valence-electron chi connectivity index (χ0n) is 12.5. The van der Waals surface area contributed by atoms with Crippen molar-refractivity contribution >= 4 is 5.69 Å². The molecule has 5 heteroatoms. The van der Waals surface area contributed by atoms with Gasteiger partial charge in [-0.25, -0.2) is 0 Å². The predicted molar refractivity (Wildman–Crippen MR) is 78.6 cm³/mol. The Balaban J connectivity index is 2.03. The largest absolute Gasteiger partial charge is 0.311 e. The van der Waals surface area contributed by atoms with E-state index in [9.17, 15) is 10.1 Å². The van der Waals surface area contributed by atoms with E-state index in [4.69, 9.17) is 0 Å². The molecule has 0 bridgehead atoms. The summed E-state index contributed by atoms with van der Waals surface area (Å²) in [7, 11) is 0. The molecule has 0 amide bonds. The molecule has 0 unspecified atom stereocenters. The number of nitrogens with one attached hydrogen (secondary N) is 1. The first-order chi connectivity index (χ1) is 9.43. The number of rotatable bonds is 5. The lowest BCUT2D eigenvalue weighted by Crippen LogP contribution is -2.29. The first kappa shape index (κ1) is 14.9. The minimum Gasteiger partial charge on any atom is -0.311 e. The zero-order chi connectivity index (χ0) is 14.8. The van der Waals surface area contributed by atoms with E-state index in [0.717, 1.165) is 12.2 Å². The van der Waals surface area contributed by atoms with Crippen molar-refractivity contribution in [1.29, 1.82) is 0 Å². The van der Waals surface area contributed by atoms with Crippen LogP contribution in [0.15, 0.2) is 6.20 Å². The van der Waals surface area contributed by atoms with Gasteiger partial charge in [-0.1, -0.05) is 19.8 Å². The van der Waals surface area contributed by atoms with Crippen LogP contribution >= 0.6 is 0 Å². The third-order valence-electron chi connectivity index (χ3n) is 4.41. The molecule has 0 saturated heterocycles. The first-order valence-electron chi connectivity index (χ1n) is 7.23. The van der Waals surface area contributed by atoms with Gasteiger partial charge in [-0.05, 0) is 32.1 Å². The van der Waals surface area contributed by atoms with Crippen LogP contribution in [-0.2, 0) is 6.54 Å². The third kappa shape index (κ3) is 3.15. The average Bonchev–Trinajstić information content (AvgIpc) is 2.79. The molecule has 0 aromatic carbocycles. The molecule has 2 rings (SSSR count). The lowest BCUT2D eigenvalue weighted by Gasteiger charge is -2.23. The second-order valence-corrected chi connectivity index (χ2v) is 6.24. The van der Waals surface area contributed by atoms with E-state index in [0.29, 0.717) is 23.1 Å². The molecule has 0 spiro atoms. The summed E-state index contributed by atoms with van der Waals surface area (Å²) in [5.41, 5.74) is 2.66. The highest BCUT2D eigenvalue weighted by atomic mass is 16.6. The number of aryl methyl sites for hydroxylation is 1. The van der Waals surface area contributed by atoms with E-state index >= 15 is 0 Å². The molecule has 1 fully saturated rings. The molecule has 1 N–H and O–H groups in total. The van der Waals surface area contributed by atoms with Crippen LogP contribution < -0.4 is 5.32 Å². The Morgan fingerprint density at radius 1 is 1.40 bits per heavy atom. The van der Waals surface area contributed by atoms with Crippen LogP contribution in [0.4, 0.5) is 5.69 Å². The van der Waals surface area contributed by atoms with Crippen molar-refractivity contribution in [1.82, 2.24) is 10.3 Å². The van der Waals surface area contributed by atoms with E-state index < -0.39 is 0 Å². The molecule has 0 radical (unpaired) electrons. The van der Waals surface area contributed by atoms with Crippen molar-refractivity contribution in [3.05, 3.63) is 33.1 Å². The standard InChI is InChI=1S/C15H23N3O2/c1-11-8-17-13(12(2)14(11)18(19)20)9-16-10-15(3)6-4-5-7-15/h8,16H,4-7,9-10H2,1-3H3. The molecule has 1 aliphatic carbocycles. The van der Waals surface area contributed by atoms with Crippen molar-refractivity contribution < 1.29 is 4.92 Å². The molecule has 0 aliphatic heterocycles. The SMILES string of the molecule is Cc1cnc(CNCC2(C)CCCC2)c(C)c1[N+](=O)[O-]. The number of nitrogens with zero attached hydrogens (tertiary/aromatic N) is 2. The lowest BCUT2D eigenvalue weighted by molar-refractivity contribution is -0.386. The summed E-state index contributed by atoms with van der Waals surface area (Å²) < 4.78 is 0. The molecule has 1 heterocycles.